The van der Waals surface area contributed by atoms with E-state index in [0.29, 0.717) is 11.8 Å². The number of aliphatic hydroxyl groups is 1. The minimum absolute atomic E-state index is 0.00335. The summed E-state index contributed by atoms with van der Waals surface area (Å²) >= 11 is 0. The van der Waals surface area contributed by atoms with Crippen molar-refractivity contribution in [1.82, 2.24) is 0 Å². The predicted molar refractivity (Wildman–Crippen MR) is 113 cm³/mol. The van der Waals surface area contributed by atoms with Crippen LogP contribution in [0.4, 0.5) is 0 Å². The van der Waals surface area contributed by atoms with Crippen LogP contribution in [-0.4, -0.2) is 33.9 Å². The van der Waals surface area contributed by atoms with Crippen LogP contribution in [-0.2, 0) is 9.59 Å². The van der Waals surface area contributed by atoms with Crippen LogP contribution in [0.3, 0.4) is 0 Å². The molecular formula is C23H40O5. The van der Waals surface area contributed by atoms with Gasteiger partial charge in [0.05, 0.1) is 5.92 Å². The highest BCUT2D eigenvalue weighted by molar-refractivity contribution is 5.88. The second-order valence-corrected chi connectivity index (χ2v) is 8.68. The van der Waals surface area contributed by atoms with Crippen LogP contribution >= 0.6 is 0 Å². The highest BCUT2D eigenvalue weighted by Gasteiger charge is 2.19. The number of aliphatic carboxylic acids is 2. The quantitative estimate of drug-likeness (QED) is 0.279. The Morgan fingerprint density at radius 3 is 2.04 bits per heavy atom. The Morgan fingerprint density at radius 2 is 1.57 bits per heavy atom. The summed E-state index contributed by atoms with van der Waals surface area (Å²) in [5.41, 5.74) is 0.920. The van der Waals surface area contributed by atoms with Crippen molar-refractivity contribution in [2.45, 2.75) is 73.6 Å². The summed E-state index contributed by atoms with van der Waals surface area (Å²) in [5, 5.41) is 28.1. The zero-order chi connectivity index (χ0) is 21.9. The molecule has 0 saturated heterocycles. The van der Waals surface area contributed by atoms with Gasteiger partial charge in [-0.05, 0) is 62.4 Å². The molecule has 28 heavy (non-hydrogen) atoms. The average Bonchev–Trinajstić information content (AvgIpc) is 2.59. The molecule has 0 aromatic heterocycles. The Hall–Kier alpha value is -1.62. The minimum Gasteiger partial charge on any atom is -0.481 e. The Balaban J connectivity index is 4.96. The summed E-state index contributed by atoms with van der Waals surface area (Å²) in [4.78, 5) is 22.4. The van der Waals surface area contributed by atoms with Crippen molar-refractivity contribution >= 4 is 11.9 Å². The molecule has 0 fully saturated rings. The summed E-state index contributed by atoms with van der Waals surface area (Å²) in [7, 11) is 0. The second kappa shape index (κ2) is 13.5. The molecule has 0 aliphatic carbocycles. The van der Waals surface area contributed by atoms with Crippen LogP contribution in [0.1, 0.15) is 73.6 Å². The molecule has 0 heterocycles. The summed E-state index contributed by atoms with van der Waals surface area (Å²) in [5.74, 6) is -1.12. The molecule has 5 unspecified atom stereocenters. The van der Waals surface area contributed by atoms with Crippen molar-refractivity contribution in [3.05, 3.63) is 23.3 Å². The van der Waals surface area contributed by atoms with Crippen LogP contribution in [0, 0.1) is 29.6 Å². The number of allylic oxidation sites excluding steroid dienone is 3. The maximum Gasteiger partial charge on any atom is 0.331 e. The predicted octanol–water partition coefficient (Wildman–Crippen LogP) is 5.15. The molecule has 0 aromatic carbocycles. The van der Waals surface area contributed by atoms with Gasteiger partial charge >= 0.3 is 11.9 Å². The first-order valence-electron chi connectivity index (χ1n) is 10.5. The van der Waals surface area contributed by atoms with Gasteiger partial charge in [-0.3, -0.25) is 4.79 Å². The number of aliphatic hydroxyl groups excluding tert-OH is 1. The summed E-state index contributed by atoms with van der Waals surface area (Å²) in [6.07, 6.45) is 7.75. The van der Waals surface area contributed by atoms with Crippen LogP contribution in [0.5, 0.6) is 0 Å². The van der Waals surface area contributed by atoms with E-state index >= 15 is 0 Å². The van der Waals surface area contributed by atoms with E-state index in [1.807, 2.05) is 13.0 Å². The zero-order valence-corrected chi connectivity index (χ0v) is 18.4. The summed E-state index contributed by atoms with van der Waals surface area (Å²) in [6, 6.07) is 0. The van der Waals surface area contributed by atoms with Crippen molar-refractivity contribution in [3.63, 3.8) is 0 Å². The van der Waals surface area contributed by atoms with Gasteiger partial charge in [-0.15, -0.1) is 0 Å². The van der Waals surface area contributed by atoms with Gasteiger partial charge in [0.25, 0.3) is 0 Å². The average molecular weight is 397 g/mol. The standard InChI is InChI=1S/C23H40O5/c1-7-15(2)8-16(3)10-20(14-24)11-17(4)9-18(5)12-21(23(27)28)13-19(6)22(25)26/h9,12,15-17,19-20,24H,7-8,10-11,13-14H2,1-6H3,(H,25,26)(H,27,28). The van der Waals surface area contributed by atoms with Gasteiger partial charge in [0, 0.05) is 12.2 Å². The Morgan fingerprint density at radius 1 is 0.964 bits per heavy atom. The van der Waals surface area contributed by atoms with E-state index in [-0.39, 0.29) is 30.4 Å². The van der Waals surface area contributed by atoms with Crippen molar-refractivity contribution < 1.29 is 24.9 Å². The smallest absolute Gasteiger partial charge is 0.331 e. The Kier molecular flexibility index (Phi) is 12.8. The molecule has 3 N–H and O–H groups in total. The first-order valence-corrected chi connectivity index (χ1v) is 10.5. The van der Waals surface area contributed by atoms with E-state index in [1.165, 1.54) is 19.8 Å². The van der Waals surface area contributed by atoms with Crippen molar-refractivity contribution in [2.75, 3.05) is 6.61 Å². The molecule has 0 spiro atoms. The molecule has 0 radical (unpaired) electrons. The molecule has 0 saturated carbocycles. The van der Waals surface area contributed by atoms with Crippen LogP contribution in [0.15, 0.2) is 23.3 Å². The summed E-state index contributed by atoms with van der Waals surface area (Å²) in [6.45, 7) is 12.3. The van der Waals surface area contributed by atoms with Gasteiger partial charge in [0.15, 0.2) is 0 Å². The van der Waals surface area contributed by atoms with Crippen LogP contribution in [0.2, 0.25) is 0 Å². The lowest BCUT2D eigenvalue weighted by molar-refractivity contribution is -0.141. The highest BCUT2D eigenvalue weighted by Crippen LogP contribution is 2.26. The number of hydrogen-bond acceptors (Lipinski definition) is 3. The van der Waals surface area contributed by atoms with Gasteiger partial charge in [0.2, 0.25) is 0 Å². The minimum atomic E-state index is -1.08. The molecule has 0 aromatic rings. The molecule has 0 aliphatic heterocycles. The second-order valence-electron chi connectivity index (χ2n) is 8.68. The monoisotopic (exact) mass is 396 g/mol. The van der Waals surface area contributed by atoms with E-state index in [4.69, 9.17) is 5.11 Å². The molecule has 0 bridgehead atoms. The third kappa shape index (κ3) is 11.3. The fraction of sp³-hybridized carbons (Fsp3) is 0.739. The lowest BCUT2D eigenvalue weighted by Crippen LogP contribution is -2.15. The first kappa shape index (κ1) is 26.4. The molecule has 5 nitrogen and oxygen atoms in total. The Bertz CT molecular complexity index is 549. The molecule has 5 heteroatoms. The van der Waals surface area contributed by atoms with E-state index in [0.717, 1.165) is 18.4 Å². The molecule has 0 aliphatic rings. The molecule has 0 amide bonds. The van der Waals surface area contributed by atoms with E-state index in [9.17, 15) is 19.8 Å². The van der Waals surface area contributed by atoms with Crippen LogP contribution in [0.25, 0.3) is 0 Å². The number of rotatable bonds is 14. The zero-order valence-electron chi connectivity index (χ0n) is 18.4. The van der Waals surface area contributed by atoms with Gasteiger partial charge in [-0.2, -0.15) is 0 Å². The Labute approximate surface area is 170 Å². The van der Waals surface area contributed by atoms with E-state index < -0.39 is 17.9 Å². The van der Waals surface area contributed by atoms with E-state index in [1.54, 1.807) is 6.08 Å². The van der Waals surface area contributed by atoms with Crippen molar-refractivity contribution in [2.24, 2.45) is 29.6 Å². The largest absolute Gasteiger partial charge is 0.481 e. The summed E-state index contributed by atoms with van der Waals surface area (Å²) < 4.78 is 0. The fourth-order valence-corrected chi connectivity index (χ4v) is 3.75. The molecule has 5 atom stereocenters. The maximum atomic E-state index is 11.4. The van der Waals surface area contributed by atoms with Gasteiger partial charge in [-0.25, -0.2) is 4.79 Å². The SMILES string of the molecule is CCC(C)CC(C)CC(CO)CC(C)C=C(C)C=C(CC(C)C(=O)O)C(=O)O. The topological polar surface area (TPSA) is 94.8 Å². The van der Waals surface area contributed by atoms with Gasteiger partial charge in [-0.1, -0.05) is 52.7 Å². The molecular weight excluding hydrogens is 356 g/mol. The molecule has 0 rings (SSSR count). The molecule has 162 valence electrons. The normalized spacial score (nSPS) is 18.2. The highest BCUT2D eigenvalue weighted by atomic mass is 16.4. The number of hydrogen-bond donors (Lipinski definition) is 3. The van der Waals surface area contributed by atoms with Gasteiger partial charge < -0.3 is 15.3 Å². The van der Waals surface area contributed by atoms with Gasteiger partial charge in [0.1, 0.15) is 0 Å². The number of carboxylic acids is 2. The lowest BCUT2D eigenvalue weighted by atomic mass is 9.84. The van der Waals surface area contributed by atoms with Crippen LogP contribution < -0.4 is 0 Å². The van der Waals surface area contributed by atoms with Crippen molar-refractivity contribution in [3.8, 4) is 0 Å². The lowest BCUT2D eigenvalue weighted by Gasteiger charge is -2.23. The fourth-order valence-electron chi connectivity index (χ4n) is 3.75. The maximum absolute atomic E-state index is 11.4. The third-order valence-corrected chi connectivity index (χ3v) is 5.37. The number of carboxylic acid groups (broad SMARTS) is 2. The first-order chi connectivity index (χ1) is 13.0. The number of carbonyl (C=O) groups is 2. The van der Waals surface area contributed by atoms with Crippen molar-refractivity contribution in [1.29, 1.82) is 0 Å². The van der Waals surface area contributed by atoms with E-state index in [2.05, 4.69) is 27.7 Å². The third-order valence-electron chi connectivity index (χ3n) is 5.37.